The number of hydrogen-bond donors (Lipinski definition) is 0. The quantitative estimate of drug-likeness (QED) is 0.647. The van der Waals surface area contributed by atoms with Crippen molar-refractivity contribution in [3.05, 3.63) is 17.6 Å². The summed E-state index contributed by atoms with van der Waals surface area (Å²) in [4.78, 5) is 18.4. The highest BCUT2D eigenvalue weighted by atomic mass is 16.5. The molecule has 0 unspecified atom stereocenters. The van der Waals surface area contributed by atoms with Crippen molar-refractivity contribution in [2.24, 2.45) is 0 Å². The number of carbonyl (C=O) groups excluding carboxylic acids is 1. The molecule has 0 N–H and O–H groups in total. The van der Waals surface area contributed by atoms with Gasteiger partial charge in [0.05, 0.1) is 12.3 Å². The molecule has 70 valence electrons. The van der Waals surface area contributed by atoms with Gasteiger partial charge in [-0.2, -0.15) is 4.98 Å². The first kappa shape index (κ1) is 9.64. The number of aromatic nitrogens is 2. The van der Waals surface area contributed by atoms with E-state index in [1.165, 1.54) is 0 Å². The molecule has 0 saturated heterocycles. The second kappa shape index (κ2) is 4.54. The Morgan fingerprint density at radius 3 is 2.92 bits per heavy atom. The third-order valence-electron chi connectivity index (χ3n) is 1.45. The summed E-state index contributed by atoms with van der Waals surface area (Å²) < 4.78 is 5.21. The van der Waals surface area contributed by atoms with Crippen molar-refractivity contribution in [3.63, 3.8) is 0 Å². The maximum absolute atomic E-state index is 10.3. The van der Waals surface area contributed by atoms with Crippen LogP contribution < -0.4 is 4.74 Å². The van der Waals surface area contributed by atoms with Crippen molar-refractivity contribution in [3.8, 4) is 5.88 Å². The Kier molecular flexibility index (Phi) is 3.37. The molecule has 4 nitrogen and oxygen atoms in total. The summed E-state index contributed by atoms with van der Waals surface area (Å²) in [6, 6.07) is 1.69. The molecule has 0 aliphatic heterocycles. The average Bonchev–Trinajstić information content (AvgIpc) is 2.04. The third kappa shape index (κ3) is 2.82. The fraction of sp³-hybridized carbons (Fsp3) is 0.444. The van der Waals surface area contributed by atoms with Crippen molar-refractivity contribution in [1.82, 2.24) is 9.97 Å². The van der Waals surface area contributed by atoms with Gasteiger partial charge in [-0.15, -0.1) is 0 Å². The molecule has 0 aromatic carbocycles. The van der Waals surface area contributed by atoms with Gasteiger partial charge in [-0.25, -0.2) is 4.98 Å². The molecule has 1 aromatic heterocycles. The first-order valence-corrected chi connectivity index (χ1v) is 4.17. The fourth-order valence-electron chi connectivity index (χ4n) is 1.01. The molecule has 0 atom stereocenters. The van der Waals surface area contributed by atoms with E-state index in [2.05, 4.69) is 9.97 Å². The number of carbonyl (C=O) groups is 1. The summed E-state index contributed by atoms with van der Waals surface area (Å²) in [6.45, 7) is 4.23. The minimum absolute atomic E-state index is 0.309. The third-order valence-corrected chi connectivity index (χ3v) is 1.45. The molecule has 0 amide bonds. The minimum atomic E-state index is 0.309. The molecular weight excluding hydrogens is 168 g/mol. The van der Waals surface area contributed by atoms with Crippen LogP contribution in [-0.4, -0.2) is 22.9 Å². The number of ether oxygens (including phenoxy) is 1. The minimum Gasteiger partial charge on any atom is -0.478 e. The van der Waals surface area contributed by atoms with E-state index in [1.807, 2.05) is 6.92 Å². The van der Waals surface area contributed by atoms with Gasteiger partial charge in [0.25, 0.3) is 0 Å². The maximum Gasteiger partial charge on any atom is 0.216 e. The number of aldehydes is 1. The van der Waals surface area contributed by atoms with E-state index in [-0.39, 0.29) is 0 Å². The van der Waals surface area contributed by atoms with Gasteiger partial charge < -0.3 is 9.53 Å². The zero-order valence-electron chi connectivity index (χ0n) is 7.78. The Morgan fingerprint density at radius 1 is 1.54 bits per heavy atom. The summed E-state index contributed by atoms with van der Waals surface area (Å²) in [5.41, 5.74) is 0.700. The first-order valence-electron chi connectivity index (χ1n) is 4.17. The lowest BCUT2D eigenvalue weighted by Gasteiger charge is -2.03. The topological polar surface area (TPSA) is 52.1 Å². The van der Waals surface area contributed by atoms with Crippen molar-refractivity contribution in [1.29, 1.82) is 0 Å². The van der Waals surface area contributed by atoms with Gasteiger partial charge in [-0.1, -0.05) is 0 Å². The molecular formula is C9H12N2O2. The van der Waals surface area contributed by atoms with Crippen LogP contribution >= 0.6 is 0 Å². The molecule has 13 heavy (non-hydrogen) atoms. The highest BCUT2D eigenvalue weighted by Gasteiger charge is 2.01. The second-order valence-corrected chi connectivity index (χ2v) is 2.55. The predicted molar refractivity (Wildman–Crippen MR) is 47.7 cm³/mol. The standard InChI is InChI=1S/C9H12N2O2/c1-3-13-9-6-8(4-5-12)10-7(2)11-9/h5-6H,3-4H2,1-2H3. The summed E-state index contributed by atoms with van der Waals surface area (Å²) in [7, 11) is 0. The number of rotatable bonds is 4. The van der Waals surface area contributed by atoms with Crippen molar-refractivity contribution in [2.75, 3.05) is 6.61 Å². The summed E-state index contributed by atoms with van der Waals surface area (Å²) in [5.74, 6) is 1.16. The Morgan fingerprint density at radius 2 is 2.31 bits per heavy atom. The lowest BCUT2D eigenvalue weighted by atomic mass is 10.3. The Hall–Kier alpha value is -1.45. The molecule has 1 aromatic rings. The highest BCUT2D eigenvalue weighted by molar-refractivity contribution is 5.53. The molecule has 0 aliphatic carbocycles. The molecule has 0 saturated carbocycles. The number of hydrogen-bond acceptors (Lipinski definition) is 4. The monoisotopic (exact) mass is 180 g/mol. The van der Waals surface area contributed by atoms with E-state index < -0.39 is 0 Å². The number of aryl methyl sites for hydroxylation is 1. The van der Waals surface area contributed by atoms with Crippen LogP contribution in [0.15, 0.2) is 6.07 Å². The Balaban J connectivity index is 2.89. The lowest BCUT2D eigenvalue weighted by Crippen LogP contribution is -2.01. The van der Waals surface area contributed by atoms with Crippen LogP contribution in [0.4, 0.5) is 0 Å². The Bertz CT molecular complexity index is 300. The normalized spacial score (nSPS) is 9.69. The molecule has 0 aliphatic rings. The summed E-state index contributed by atoms with van der Waals surface area (Å²) in [5, 5.41) is 0. The van der Waals surface area contributed by atoms with Gasteiger partial charge in [0.1, 0.15) is 12.1 Å². The van der Waals surface area contributed by atoms with Crippen LogP contribution in [0.5, 0.6) is 5.88 Å². The number of nitrogens with zero attached hydrogens (tertiary/aromatic N) is 2. The van der Waals surface area contributed by atoms with E-state index in [4.69, 9.17) is 4.74 Å². The smallest absolute Gasteiger partial charge is 0.216 e. The summed E-state index contributed by atoms with van der Waals surface area (Å²) in [6.07, 6.45) is 1.13. The van der Waals surface area contributed by atoms with Crippen LogP contribution in [0.3, 0.4) is 0 Å². The zero-order chi connectivity index (χ0) is 9.68. The molecule has 0 bridgehead atoms. The van der Waals surface area contributed by atoms with E-state index >= 15 is 0 Å². The van der Waals surface area contributed by atoms with Crippen molar-refractivity contribution in [2.45, 2.75) is 20.3 Å². The van der Waals surface area contributed by atoms with Crippen LogP contribution in [0.1, 0.15) is 18.4 Å². The van der Waals surface area contributed by atoms with Gasteiger partial charge in [0.15, 0.2) is 0 Å². The van der Waals surface area contributed by atoms with Gasteiger partial charge in [-0.05, 0) is 13.8 Å². The van der Waals surface area contributed by atoms with E-state index in [9.17, 15) is 4.79 Å². The maximum atomic E-state index is 10.3. The van der Waals surface area contributed by atoms with Gasteiger partial charge in [0, 0.05) is 12.5 Å². The van der Waals surface area contributed by atoms with Crippen LogP contribution in [0.2, 0.25) is 0 Å². The Labute approximate surface area is 77.0 Å². The van der Waals surface area contributed by atoms with Crippen molar-refractivity contribution >= 4 is 6.29 Å². The van der Waals surface area contributed by atoms with Gasteiger partial charge in [-0.3, -0.25) is 0 Å². The second-order valence-electron chi connectivity index (χ2n) is 2.55. The predicted octanol–water partition coefficient (Wildman–Crippen LogP) is 0.925. The van der Waals surface area contributed by atoms with Gasteiger partial charge >= 0.3 is 0 Å². The molecule has 1 heterocycles. The highest BCUT2D eigenvalue weighted by Crippen LogP contribution is 2.08. The fourth-order valence-corrected chi connectivity index (χ4v) is 1.01. The largest absolute Gasteiger partial charge is 0.478 e. The van der Waals surface area contributed by atoms with E-state index in [0.717, 1.165) is 6.29 Å². The molecule has 1 rings (SSSR count). The molecule has 0 spiro atoms. The van der Waals surface area contributed by atoms with Gasteiger partial charge in [0.2, 0.25) is 5.88 Å². The average molecular weight is 180 g/mol. The lowest BCUT2D eigenvalue weighted by molar-refractivity contribution is -0.107. The van der Waals surface area contributed by atoms with Crippen molar-refractivity contribution < 1.29 is 9.53 Å². The molecule has 4 heteroatoms. The van der Waals surface area contributed by atoms with Crippen LogP contribution in [0.25, 0.3) is 0 Å². The molecule has 0 fully saturated rings. The van der Waals surface area contributed by atoms with E-state index in [1.54, 1.807) is 13.0 Å². The van der Waals surface area contributed by atoms with Crippen LogP contribution in [0, 0.1) is 6.92 Å². The summed E-state index contributed by atoms with van der Waals surface area (Å²) >= 11 is 0. The molecule has 0 radical (unpaired) electrons. The zero-order valence-corrected chi connectivity index (χ0v) is 7.78. The SMILES string of the molecule is CCOc1cc(CC=O)nc(C)n1. The van der Waals surface area contributed by atoms with Crippen LogP contribution in [-0.2, 0) is 11.2 Å². The first-order chi connectivity index (χ1) is 6.26. The van der Waals surface area contributed by atoms with E-state index in [0.29, 0.717) is 30.4 Å².